The molecule has 0 fully saturated rings. The monoisotopic (exact) mass is 324 g/mol. The summed E-state index contributed by atoms with van der Waals surface area (Å²) in [5, 5.41) is 0. The summed E-state index contributed by atoms with van der Waals surface area (Å²) in [6.07, 6.45) is -1.78. The van der Waals surface area contributed by atoms with Crippen LogP contribution in [0, 0.1) is 11.2 Å². The number of para-hydroxylation sites is 1. The molecule has 124 valence electrons. The topological polar surface area (TPSA) is 18.5 Å². The SMILES string of the molecule is CC(C)(CF)COC(F)c1ccc(F)c(Oc2ccccc2)c1. The van der Waals surface area contributed by atoms with Crippen LogP contribution in [0.2, 0.25) is 0 Å². The Balaban J connectivity index is 2.10. The zero-order chi connectivity index (χ0) is 16.9. The fourth-order valence-corrected chi connectivity index (χ4v) is 1.79. The molecule has 2 nitrogen and oxygen atoms in total. The average Bonchev–Trinajstić information content (AvgIpc) is 2.56. The maximum atomic E-state index is 14.1. The van der Waals surface area contributed by atoms with Crippen LogP contribution in [-0.2, 0) is 4.74 Å². The molecule has 1 unspecified atom stereocenters. The maximum Gasteiger partial charge on any atom is 0.225 e. The van der Waals surface area contributed by atoms with Gasteiger partial charge >= 0.3 is 0 Å². The molecule has 0 heterocycles. The summed E-state index contributed by atoms with van der Waals surface area (Å²) < 4.78 is 51.1. The van der Waals surface area contributed by atoms with Crippen molar-refractivity contribution in [1.82, 2.24) is 0 Å². The summed E-state index contributed by atoms with van der Waals surface area (Å²) >= 11 is 0. The van der Waals surface area contributed by atoms with E-state index in [0.717, 1.165) is 6.07 Å². The summed E-state index contributed by atoms with van der Waals surface area (Å²) in [7, 11) is 0. The smallest absolute Gasteiger partial charge is 0.225 e. The van der Waals surface area contributed by atoms with E-state index in [4.69, 9.17) is 9.47 Å². The third kappa shape index (κ3) is 4.99. The molecule has 0 aromatic heterocycles. The maximum absolute atomic E-state index is 14.1. The molecule has 2 rings (SSSR count). The van der Waals surface area contributed by atoms with Gasteiger partial charge in [-0.3, -0.25) is 4.39 Å². The minimum absolute atomic E-state index is 0.0864. The molecule has 5 heteroatoms. The Hall–Kier alpha value is -2.01. The second-order valence-electron chi connectivity index (χ2n) is 6.03. The Kier molecular flexibility index (Phi) is 5.66. The predicted molar refractivity (Wildman–Crippen MR) is 82.5 cm³/mol. The van der Waals surface area contributed by atoms with Gasteiger partial charge in [-0.25, -0.2) is 8.78 Å². The number of hydrogen-bond donors (Lipinski definition) is 0. The molecule has 0 saturated carbocycles. The Morgan fingerprint density at radius 3 is 2.43 bits per heavy atom. The van der Waals surface area contributed by atoms with E-state index in [-0.39, 0.29) is 17.9 Å². The van der Waals surface area contributed by atoms with Crippen molar-refractivity contribution in [3.63, 3.8) is 0 Å². The standard InChI is InChI=1S/C18H19F3O2/c1-18(2,11-19)12-22-17(21)13-8-9-15(20)16(10-13)23-14-6-4-3-5-7-14/h3-10,17H,11-12H2,1-2H3. The second kappa shape index (κ2) is 7.51. The minimum atomic E-state index is -1.78. The first-order chi connectivity index (χ1) is 10.9. The van der Waals surface area contributed by atoms with Crippen molar-refractivity contribution in [2.24, 2.45) is 5.41 Å². The van der Waals surface area contributed by atoms with Crippen LogP contribution in [0.15, 0.2) is 48.5 Å². The first-order valence-electron chi connectivity index (χ1n) is 7.25. The van der Waals surface area contributed by atoms with Gasteiger partial charge < -0.3 is 9.47 Å². The van der Waals surface area contributed by atoms with Gasteiger partial charge in [-0.05, 0) is 24.3 Å². The number of hydrogen-bond acceptors (Lipinski definition) is 2. The normalized spacial score (nSPS) is 12.9. The Labute approximate surface area is 133 Å². The second-order valence-corrected chi connectivity index (χ2v) is 6.03. The third-order valence-corrected chi connectivity index (χ3v) is 3.17. The van der Waals surface area contributed by atoms with Gasteiger partial charge in [0.15, 0.2) is 11.6 Å². The molecule has 0 spiro atoms. The van der Waals surface area contributed by atoms with Gasteiger partial charge in [0, 0.05) is 11.0 Å². The predicted octanol–water partition coefficient (Wildman–Crippen LogP) is 5.60. The van der Waals surface area contributed by atoms with Gasteiger partial charge in [-0.15, -0.1) is 0 Å². The van der Waals surface area contributed by atoms with E-state index in [2.05, 4.69) is 0 Å². The molecular formula is C18H19F3O2. The lowest BCUT2D eigenvalue weighted by Gasteiger charge is -2.22. The van der Waals surface area contributed by atoms with Crippen LogP contribution in [-0.4, -0.2) is 13.3 Å². The van der Waals surface area contributed by atoms with E-state index >= 15 is 0 Å². The fourth-order valence-electron chi connectivity index (χ4n) is 1.79. The molecule has 1 atom stereocenters. The molecule has 23 heavy (non-hydrogen) atoms. The summed E-state index contributed by atoms with van der Waals surface area (Å²) in [4.78, 5) is 0. The zero-order valence-electron chi connectivity index (χ0n) is 13.1. The third-order valence-electron chi connectivity index (χ3n) is 3.17. The summed E-state index contributed by atoms with van der Waals surface area (Å²) in [5.74, 6) is -0.253. The van der Waals surface area contributed by atoms with Gasteiger partial charge in [-0.1, -0.05) is 38.1 Å². The van der Waals surface area contributed by atoms with E-state index in [1.165, 1.54) is 12.1 Å². The van der Waals surface area contributed by atoms with E-state index in [9.17, 15) is 13.2 Å². The molecular weight excluding hydrogens is 305 g/mol. The first-order valence-corrected chi connectivity index (χ1v) is 7.25. The molecule has 0 aliphatic carbocycles. The summed E-state index contributed by atoms with van der Waals surface area (Å²) in [6, 6.07) is 12.3. The van der Waals surface area contributed by atoms with Crippen LogP contribution in [0.3, 0.4) is 0 Å². The lowest BCUT2D eigenvalue weighted by atomic mass is 9.97. The summed E-state index contributed by atoms with van der Waals surface area (Å²) in [5.41, 5.74) is -0.653. The molecule has 2 aromatic carbocycles. The van der Waals surface area contributed by atoms with Crippen molar-refractivity contribution in [1.29, 1.82) is 0 Å². The number of rotatable bonds is 7. The van der Waals surface area contributed by atoms with Gasteiger partial charge in [-0.2, -0.15) is 0 Å². The highest BCUT2D eigenvalue weighted by atomic mass is 19.1. The molecule has 0 amide bonds. The average molecular weight is 324 g/mol. The molecule has 0 aliphatic heterocycles. The lowest BCUT2D eigenvalue weighted by molar-refractivity contribution is -0.0763. The van der Waals surface area contributed by atoms with Gasteiger partial charge in [0.1, 0.15) is 5.75 Å². The number of ether oxygens (including phenoxy) is 2. The van der Waals surface area contributed by atoms with E-state index in [0.29, 0.717) is 5.75 Å². The van der Waals surface area contributed by atoms with E-state index in [1.54, 1.807) is 44.2 Å². The fraction of sp³-hybridized carbons (Fsp3) is 0.333. The van der Waals surface area contributed by atoms with Gasteiger partial charge in [0.05, 0.1) is 13.3 Å². The Bertz CT molecular complexity index is 629. The van der Waals surface area contributed by atoms with Crippen molar-refractivity contribution in [3.8, 4) is 11.5 Å². The van der Waals surface area contributed by atoms with Crippen LogP contribution < -0.4 is 4.74 Å². The Morgan fingerprint density at radius 1 is 1.09 bits per heavy atom. The van der Waals surface area contributed by atoms with E-state index < -0.39 is 24.3 Å². The molecule has 0 aliphatic rings. The number of benzene rings is 2. The minimum Gasteiger partial charge on any atom is -0.454 e. The van der Waals surface area contributed by atoms with Crippen LogP contribution >= 0.6 is 0 Å². The molecule has 2 aromatic rings. The van der Waals surface area contributed by atoms with Crippen LogP contribution in [0.25, 0.3) is 0 Å². The first kappa shape index (κ1) is 17.3. The molecule has 0 radical (unpaired) electrons. The van der Waals surface area contributed by atoms with Gasteiger partial charge in [0.25, 0.3) is 0 Å². The molecule has 0 bridgehead atoms. The van der Waals surface area contributed by atoms with Crippen LogP contribution in [0.1, 0.15) is 25.8 Å². The largest absolute Gasteiger partial charge is 0.454 e. The van der Waals surface area contributed by atoms with Crippen molar-refractivity contribution in [2.75, 3.05) is 13.3 Å². The highest BCUT2D eigenvalue weighted by molar-refractivity contribution is 5.35. The van der Waals surface area contributed by atoms with E-state index in [1.807, 2.05) is 0 Å². The lowest BCUT2D eigenvalue weighted by Crippen LogP contribution is -2.22. The highest BCUT2D eigenvalue weighted by Gasteiger charge is 2.22. The number of halogens is 3. The highest BCUT2D eigenvalue weighted by Crippen LogP contribution is 2.30. The van der Waals surface area contributed by atoms with Crippen LogP contribution in [0.5, 0.6) is 11.5 Å². The zero-order valence-corrected chi connectivity index (χ0v) is 13.1. The quantitative estimate of drug-likeness (QED) is 0.660. The van der Waals surface area contributed by atoms with Crippen LogP contribution in [0.4, 0.5) is 13.2 Å². The van der Waals surface area contributed by atoms with Crippen molar-refractivity contribution >= 4 is 0 Å². The molecule has 0 saturated heterocycles. The van der Waals surface area contributed by atoms with Gasteiger partial charge in [0.2, 0.25) is 6.36 Å². The number of alkyl halides is 2. The van der Waals surface area contributed by atoms with Crippen molar-refractivity contribution in [2.45, 2.75) is 20.2 Å². The van der Waals surface area contributed by atoms with Crippen molar-refractivity contribution < 1.29 is 22.6 Å². The van der Waals surface area contributed by atoms with Crippen molar-refractivity contribution in [3.05, 3.63) is 59.9 Å². The Morgan fingerprint density at radius 2 is 1.78 bits per heavy atom. The summed E-state index contributed by atoms with van der Waals surface area (Å²) in [6.45, 7) is 2.56. The molecule has 0 N–H and O–H groups in total.